The summed E-state index contributed by atoms with van der Waals surface area (Å²) < 4.78 is 0.856. The van der Waals surface area contributed by atoms with Gasteiger partial charge in [-0.1, -0.05) is 76.6 Å². The van der Waals surface area contributed by atoms with Crippen molar-refractivity contribution in [3.63, 3.8) is 0 Å². The van der Waals surface area contributed by atoms with Gasteiger partial charge in [0, 0.05) is 15.8 Å². The molecule has 2 aliphatic heterocycles. The van der Waals surface area contributed by atoms with Crippen LogP contribution in [-0.4, -0.2) is 23.6 Å². The van der Waals surface area contributed by atoms with E-state index < -0.39 is 35.0 Å². The van der Waals surface area contributed by atoms with Gasteiger partial charge in [-0.15, -0.1) is 0 Å². The smallest absolute Gasteiger partial charge is 0.238 e. The minimum absolute atomic E-state index is 0.303. The molecule has 7 heteroatoms. The van der Waals surface area contributed by atoms with E-state index in [1.54, 1.807) is 12.1 Å². The number of rotatable bonds is 3. The van der Waals surface area contributed by atoms with Crippen LogP contribution in [0.4, 0.5) is 11.4 Å². The second-order valence-electron chi connectivity index (χ2n) is 11.0. The monoisotopic (exact) mass is 580 g/mol. The van der Waals surface area contributed by atoms with Crippen LogP contribution in [0, 0.1) is 43.4 Å². The highest BCUT2D eigenvalue weighted by molar-refractivity contribution is 9.10. The highest BCUT2D eigenvalue weighted by Crippen LogP contribution is 2.65. The number of carbonyl (C=O) groups is 4. The molecule has 3 fully saturated rings. The molecule has 6 nitrogen and oxygen atoms in total. The Morgan fingerprint density at radius 3 is 1.56 bits per heavy atom. The third kappa shape index (κ3) is 3.02. The van der Waals surface area contributed by atoms with Crippen LogP contribution in [0.2, 0.25) is 0 Å². The zero-order valence-electron chi connectivity index (χ0n) is 21.4. The largest absolute Gasteiger partial charge is 0.274 e. The molecule has 4 atom stereocenters. The van der Waals surface area contributed by atoms with E-state index in [1.165, 1.54) is 9.80 Å². The number of carbonyl (C=O) groups excluding carboxylic acids is 4. The molecule has 4 amide bonds. The lowest BCUT2D eigenvalue weighted by Gasteiger charge is -2.53. The molecule has 39 heavy (non-hydrogen) atoms. The molecule has 0 spiro atoms. The average Bonchev–Trinajstić information content (AvgIpc) is 3.37. The SMILES string of the molecule is Cc1ccccc1N1C(=O)[C@@H]2C3C=CC(c4ccc(Br)cc4)([C@@H]2C1=O)[C@@H]1C(=O)N(c2ccccc2C)C(=O)[C@H]31. The lowest BCUT2D eigenvalue weighted by atomic mass is 9.45. The summed E-state index contributed by atoms with van der Waals surface area (Å²) in [6.45, 7) is 3.74. The summed E-state index contributed by atoms with van der Waals surface area (Å²) in [5, 5.41) is 0. The molecule has 3 aromatic carbocycles. The van der Waals surface area contributed by atoms with E-state index in [9.17, 15) is 19.2 Å². The van der Waals surface area contributed by atoms with Crippen molar-refractivity contribution in [2.45, 2.75) is 19.3 Å². The Bertz CT molecular complexity index is 1540. The first-order valence-corrected chi connectivity index (χ1v) is 13.9. The van der Waals surface area contributed by atoms with Crippen molar-refractivity contribution < 1.29 is 19.2 Å². The zero-order valence-corrected chi connectivity index (χ0v) is 23.0. The predicted octanol–water partition coefficient (Wildman–Crippen LogP) is 5.11. The summed E-state index contributed by atoms with van der Waals surface area (Å²) >= 11 is 3.49. The Balaban J connectivity index is 1.45. The van der Waals surface area contributed by atoms with E-state index in [0.717, 1.165) is 21.2 Å². The highest BCUT2D eigenvalue weighted by atomic mass is 79.9. The normalized spacial score (nSPS) is 30.8. The number of amides is 4. The van der Waals surface area contributed by atoms with Crippen LogP contribution in [0.1, 0.15) is 16.7 Å². The minimum Gasteiger partial charge on any atom is -0.274 e. The predicted molar refractivity (Wildman–Crippen MR) is 150 cm³/mol. The topological polar surface area (TPSA) is 74.8 Å². The standard InChI is InChI=1S/C32H25BrN2O4/c1-17-7-3-5-9-22(17)34-28(36)24-21-15-16-32(26(24)30(34)38,19-11-13-20(33)14-12-19)27-25(21)29(37)35(31(27)39)23-10-6-4-8-18(23)2/h3-16,21,24-27H,1-2H3/t21?,24-,25-,26+,27+,32?/m1/s1. The van der Waals surface area contributed by atoms with Crippen LogP contribution < -0.4 is 9.80 Å². The molecule has 2 saturated heterocycles. The molecule has 194 valence electrons. The van der Waals surface area contributed by atoms with Gasteiger partial charge >= 0.3 is 0 Å². The number of halogens is 1. The second-order valence-corrected chi connectivity index (χ2v) is 11.9. The average molecular weight is 581 g/mol. The van der Waals surface area contributed by atoms with Gasteiger partial charge in [-0.05, 0) is 54.8 Å². The van der Waals surface area contributed by atoms with Gasteiger partial charge in [-0.25, -0.2) is 9.80 Å². The fourth-order valence-corrected chi connectivity index (χ4v) is 7.86. The fourth-order valence-electron chi connectivity index (χ4n) is 7.59. The lowest BCUT2D eigenvalue weighted by molar-refractivity contribution is -0.140. The fraction of sp³-hybridized carbons (Fsp3) is 0.250. The maximum absolute atomic E-state index is 14.4. The van der Waals surface area contributed by atoms with Gasteiger partial charge in [0.25, 0.3) is 0 Å². The Kier molecular flexibility index (Phi) is 5.17. The van der Waals surface area contributed by atoms with E-state index in [4.69, 9.17) is 0 Å². The van der Waals surface area contributed by atoms with Gasteiger partial charge in [0.15, 0.2) is 0 Å². The van der Waals surface area contributed by atoms with Crippen molar-refractivity contribution in [3.05, 3.63) is 106 Å². The van der Waals surface area contributed by atoms with E-state index in [2.05, 4.69) is 15.9 Å². The number of nitrogens with zero attached hydrogens (tertiary/aromatic N) is 2. The van der Waals surface area contributed by atoms with Gasteiger partial charge < -0.3 is 0 Å². The molecule has 0 radical (unpaired) electrons. The molecule has 0 N–H and O–H groups in total. The van der Waals surface area contributed by atoms with Gasteiger partial charge in [0.1, 0.15) is 0 Å². The number of anilines is 2. The summed E-state index contributed by atoms with van der Waals surface area (Å²) in [6, 6.07) is 22.2. The maximum Gasteiger partial charge on any atom is 0.238 e. The van der Waals surface area contributed by atoms with E-state index in [0.29, 0.717) is 11.4 Å². The van der Waals surface area contributed by atoms with Crippen LogP contribution in [0.3, 0.4) is 0 Å². The molecule has 3 aromatic rings. The molecule has 8 rings (SSSR count). The molecular formula is C32H25BrN2O4. The first-order valence-electron chi connectivity index (χ1n) is 13.1. The number of imide groups is 2. The Labute approximate surface area is 234 Å². The molecule has 1 saturated carbocycles. The van der Waals surface area contributed by atoms with Crippen molar-refractivity contribution in [1.29, 1.82) is 0 Å². The number of hydrogen-bond donors (Lipinski definition) is 0. The highest BCUT2D eigenvalue weighted by Gasteiger charge is 2.75. The van der Waals surface area contributed by atoms with E-state index in [-0.39, 0.29) is 23.6 Å². The quantitative estimate of drug-likeness (QED) is 0.318. The van der Waals surface area contributed by atoms with Crippen LogP contribution in [-0.2, 0) is 24.6 Å². The Morgan fingerprint density at radius 2 is 1.10 bits per heavy atom. The molecule has 5 aliphatic rings. The number of para-hydroxylation sites is 2. The maximum atomic E-state index is 14.4. The van der Waals surface area contributed by atoms with Crippen molar-refractivity contribution in [3.8, 4) is 0 Å². The summed E-state index contributed by atoms with van der Waals surface area (Å²) in [7, 11) is 0. The summed E-state index contributed by atoms with van der Waals surface area (Å²) in [5.74, 6) is -4.85. The van der Waals surface area contributed by atoms with Gasteiger partial charge in [-0.3, -0.25) is 19.2 Å². The zero-order chi connectivity index (χ0) is 27.2. The van der Waals surface area contributed by atoms with Gasteiger partial charge in [0.2, 0.25) is 23.6 Å². The number of allylic oxidation sites excluding steroid dienone is 2. The summed E-state index contributed by atoms with van der Waals surface area (Å²) in [5.41, 5.74) is 2.35. The van der Waals surface area contributed by atoms with E-state index in [1.807, 2.05) is 86.7 Å². The van der Waals surface area contributed by atoms with Crippen molar-refractivity contribution in [1.82, 2.24) is 0 Å². The van der Waals surface area contributed by atoms with Crippen molar-refractivity contribution in [2.24, 2.45) is 29.6 Å². The van der Waals surface area contributed by atoms with Gasteiger partial charge in [-0.2, -0.15) is 0 Å². The van der Waals surface area contributed by atoms with Crippen LogP contribution in [0.5, 0.6) is 0 Å². The van der Waals surface area contributed by atoms with Crippen LogP contribution in [0.15, 0.2) is 89.4 Å². The van der Waals surface area contributed by atoms with Gasteiger partial charge in [0.05, 0.1) is 35.0 Å². The molecular weight excluding hydrogens is 556 g/mol. The number of hydrogen-bond acceptors (Lipinski definition) is 4. The first-order chi connectivity index (χ1) is 18.8. The lowest BCUT2D eigenvalue weighted by Crippen LogP contribution is -2.60. The molecule has 0 unspecified atom stereocenters. The molecule has 3 aliphatic carbocycles. The summed E-state index contributed by atoms with van der Waals surface area (Å²) in [6.07, 6.45) is 3.87. The number of benzene rings is 3. The number of aryl methyl sites for hydroxylation is 2. The second kappa shape index (κ2) is 8.33. The molecule has 2 heterocycles. The minimum atomic E-state index is -1.14. The van der Waals surface area contributed by atoms with E-state index >= 15 is 0 Å². The summed E-state index contributed by atoms with van der Waals surface area (Å²) in [4.78, 5) is 59.7. The molecule has 0 aromatic heterocycles. The third-order valence-electron chi connectivity index (χ3n) is 9.21. The van der Waals surface area contributed by atoms with Crippen LogP contribution >= 0.6 is 15.9 Å². The Hall–Kier alpha value is -3.84. The Morgan fingerprint density at radius 1 is 0.641 bits per heavy atom. The van der Waals surface area contributed by atoms with Crippen molar-refractivity contribution in [2.75, 3.05) is 9.80 Å². The van der Waals surface area contributed by atoms with Crippen LogP contribution in [0.25, 0.3) is 0 Å². The molecule has 2 bridgehead atoms. The van der Waals surface area contributed by atoms with Crippen molar-refractivity contribution >= 4 is 50.9 Å². The first kappa shape index (κ1) is 24.2. The third-order valence-corrected chi connectivity index (χ3v) is 9.74.